The lowest BCUT2D eigenvalue weighted by molar-refractivity contribution is 0.273. The summed E-state index contributed by atoms with van der Waals surface area (Å²) in [4.78, 5) is 0.422. The highest BCUT2D eigenvalue weighted by Crippen LogP contribution is 2.22. The average molecular weight is 314 g/mol. The molecule has 92 valence electrons. The number of nitrogens with zero attached hydrogens (tertiary/aromatic N) is 1. The van der Waals surface area contributed by atoms with Gasteiger partial charge < -0.3 is 11.2 Å². The van der Waals surface area contributed by atoms with Crippen molar-refractivity contribution >= 4 is 38.8 Å². The number of hydrogen-bond acceptors (Lipinski definition) is 3. The van der Waals surface area contributed by atoms with E-state index in [9.17, 15) is 0 Å². The Morgan fingerprint density at radius 1 is 1.29 bits per heavy atom. The van der Waals surface area contributed by atoms with Crippen molar-refractivity contribution in [1.82, 2.24) is 5.01 Å². The van der Waals surface area contributed by atoms with Gasteiger partial charge in [0, 0.05) is 23.1 Å². The number of anilines is 1. The minimum atomic E-state index is 0.422. The predicted octanol–water partition coefficient (Wildman–Crippen LogP) is 2.90. The van der Waals surface area contributed by atoms with Gasteiger partial charge in [-0.3, -0.25) is 0 Å². The van der Waals surface area contributed by atoms with E-state index in [2.05, 4.69) is 26.4 Å². The number of hydrazine groups is 1. The van der Waals surface area contributed by atoms with Crippen LogP contribution in [0.3, 0.4) is 0 Å². The summed E-state index contributed by atoms with van der Waals surface area (Å²) in [6.07, 6.45) is 3.80. The summed E-state index contributed by atoms with van der Waals surface area (Å²) in [6, 6.07) is 5.95. The second-order valence-electron chi connectivity index (χ2n) is 4.21. The summed E-state index contributed by atoms with van der Waals surface area (Å²) in [7, 11) is 0. The Kier molecular flexibility index (Phi) is 4.36. The monoisotopic (exact) mass is 313 g/mol. The van der Waals surface area contributed by atoms with Crippen LogP contribution in [0.4, 0.5) is 5.69 Å². The lowest BCUT2D eigenvalue weighted by atomic mass is 10.1. The maximum atomic E-state index is 5.74. The molecule has 1 heterocycles. The van der Waals surface area contributed by atoms with Crippen LogP contribution in [0.2, 0.25) is 0 Å². The Balaban J connectivity index is 2.16. The summed E-state index contributed by atoms with van der Waals surface area (Å²) < 4.78 is 0.990. The molecule has 1 aliphatic rings. The second-order valence-corrected chi connectivity index (χ2v) is 5.57. The standard InChI is InChI=1S/C12H16BrN3S/c13-9-4-5-11(10(8-9)12(14)17)15-16-6-2-1-3-7-16/h4-5,8,15H,1-3,6-7H2,(H2,14,17). The van der Waals surface area contributed by atoms with E-state index in [-0.39, 0.29) is 0 Å². The largest absolute Gasteiger partial charge is 0.389 e. The summed E-state index contributed by atoms with van der Waals surface area (Å²) >= 11 is 8.51. The molecule has 0 atom stereocenters. The van der Waals surface area contributed by atoms with Crippen molar-refractivity contribution in [3.8, 4) is 0 Å². The molecule has 5 heteroatoms. The minimum Gasteiger partial charge on any atom is -0.389 e. The molecule has 3 N–H and O–H groups in total. The maximum absolute atomic E-state index is 5.74. The number of benzene rings is 1. The summed E-state index contributed by atoms with van der Waals surface area (Å²) in [5.74, 6) is 0. The zero-order valence-corrected chi connectivity index (χ0v) is 12.0. The molecule has 0 bridgehead atoms. The molecule has 0 amide bonds. The first-order valence-electron chi connectivity index (χ1n) is 5.78. The third kappa shape index (κ3) is 3.40. The Bertz CT molecular complexity index is 416. The smallest absolute Gasteiger partial charge is 0.106 e. The first-order chi connectivity index (χ1) is 8.16. The molecular weight excluding hydrogens is 298 g/mol. The van der Waals surface area contributed by atoms with Gasteiger partial charge in [0.2, 0.25) is 0 Å². The molecule has 1 aliphatic heterocycles. The summed E-state index contributed by atoms with van der Waals surface area (Å²) in [5.41, 5.74) is 11.0. The maximum Gasteiger partial charge on any atom is 0.106 e. The number of piperidine rings is 1. The topological polar surface area (TPSA) is 41.3 Å². The van der Waals surface area contributed by atoms with Gasteiger partial charge in [-0.1, -0.05) is 34.6 Å². The molecule has 0 unspecified atom stereocenters. The zero-order valence-electron chi connectivity index (χ0n) is 9.58. The van der Waals surface area contributed by atoms with E-state index in [1.807, 2.05) is 18.2 Å². The van der Waals surface area contributed by atoms with Crippen LogP contribution in [0, 0.1) is 0 Å². The number of thiocarbonyl (C=S) groups is 1. The van der Waals surface area contributed by atoms with E-state index in [1.165, 1.54) is 19.3 Å². The van der Waals surface area contributed by atoms with E-state index >= 15 is 0 Å². The van der Waals surface area contributed by atoms with Crippen molar-refractivity contribution < 1.29 is 0 Å². The molecule has 0 saturated carbocycles. The number of halogens is 1. The molecule has 0 aliphatic carbocycles. The molecule has 1 aromatic rings. The Labute approximate surface area is 115 Å². The van der Waals surface area contributed by atoms with E-state index in [4.69, 9.17) is 18.0 Å². The number of nitrogens with one attached hydrogen (secondary N) is 1. The van der Waals surface area contributed by atoms with Gasteiger partial charge in [-0.25, -0.2) is 5.01 Å². The molecule has 0 radical (unpaired) electrons. The van der Waals surface area contributed by atoms with Crippen LogP contribution in [-0.2, 0) is 0 Å². The second kappa shape index (κ2) is 5.80. The molecule has 3 nitrogen and oxygen atoms in total. The van der Waals surface area contributed by atoms with Crippen molar-refractivity contribution in [2.45, 2.75) is 19.3 Å². The third-order valence-electron chi connectivity index (χ3n) is 2.88. The van der Waals surface area contributed by atoms with Crippen LogP contribution in [0.25, 0.3) is 0 Å². The normalized spacial score (nSPS) is 16.8. The lowest BCUT2D eigenvalue weighted by Gasteiger charge is -2.28. The molecule has 2 rings (SSSR count). The average Bonchev–Trinajstić information content (AvgIpc) is 2.32. The van der Waals surface area contributed by atoms with Gasteiger partial charge in [0.1, 0.15) is 4.99 Å². The van der Waals surface area contributed by atoms with Crippen LogP contribution in [-0.4, -0.2) is 23.1 Å². The van der Waals surface area contributed by atoms with Gasteiger partial charge in [-0.2, -0.15) is 0 Å². The fraction of sp³-hybridized carbons (Fsp3) is 0.417. The Hall–Kier alpha value is -0.650. The first kappa shape index (κ1) is 12.8. The van der Waals surface area contributed by atoms with Crippen molar-refractivity contribution in [3.63, 3.8) is 0 Å². The summed E-state index contributed by atoms with van der Waals surface area (Å²) in [6.45, 7) is 2.15. The quantitative estimate of drug-likeness (QED) is 0.842. The van der Waals surface area contributed by atoms with Crippen LogP contribution >= 0.6 is 28.1 Å². The molecular formula is C12H16BrN3S. The fourth-order valence-corrected chi connectivity index (χ4v) is 2.52. The van der Waals surface area contributed by atoms with E-state index in [1.54, 1.807) is 0 Å². The van der Waals surface area contributed by atoms with Gasteiger partial charge in [-0.15, -0.1) is 0 Å². The van der Waals surface area contributed by atoms with Gasteiger partial charge in [0.05, 0.1) is 5.69 Å². The highest BCUT2D eigenvalue weighted by atomic mass is 79.9. The highest BCUT2D eigenvalue weighted by molar-refractivity contribution is 9.10. The molecule has 1 saturated heterocycles. The van der Waals surface area contributed by atoms with Crippen LogP contribution in [0.15, 0.2) is 22.7 Å². The van der Waals surface area contributed by atoms with Gasteiger partial charge in [0.15, 0.2) is 0 Å². The van der Waals surface area contributed by atoms with Crippen molar-refractivity contribution in [1.29, 1.82) is 0 Å². The first-order valence-corrected chi connectivity index (χ1v) is 6.98. The fourth-order valence-electron chi connectivity index (χ4n) is 1.99. The molecule has 1 aromatic carbocycles. The highest BCUT2D eigenvalue weighted by Gasteiger charge is 2.12. The van der Waals surface area contributed by atoms with Gasteiger partial charge in [-0.05, 0) is 31.0 Å². The molecule has 0 spiro atoms. The van der Waals surface area contributed by atoms with Crippen LogP contribution < -0.4 is 11.2 Å². The third-order valence-corrected chi connectivity index (χ3v) is 3.59. The molecule has 17 heavy (non-hydrogen) atoms. The predicted molar refractivity (Wildman–Crippen MR) is 79.1 cm³/mol. The van der Waals surface area contributed by atoms with Gasteiger partial charge >= 0.3 is 0 Å². The minimum absolute atomic E-state index is 0.422. The lowest BCUT2D eigenvalue weighted by Crippen LogP contribution is -2.35. The van der Waals surface area contributed by atoms with E-state index < -0.39 is 0 Å². The van der Waals surface area contributed by atoms with E-state index in [0.717, 1.165) is 28.8 Å². The number of hydrogen-bond donors (Lipinski definition) is 2. The zero-order chi connectivity index (χ0) is 12.3. The van der Waals surface area contributed by atoms with Crippen molar-refractivity contribution in [2.75, 3.05) is 18.5 Å². The number of rotatable bonds is 3. The Morgan fingerprint density at radius 2 is 2.00 bits per heavy atom. The van der Waals surface area contributed by atoms with Gasteiger partial charge in [0.25, 0.3) is 0 Å². The van der Waals surface area contributed by atoms with Crippen molar-refractivity contribution in [3.05, 3.63) is 28.2 Å². The SMILES string of the molecule is NC(=S)c1cc(Br)ccc1NN1CCCCC1. The Morgan fingerprint density at radius 3 is 2.65 bits per heavy atom. The van der Waals surface area contributed by atoms with Crippen LogP contribution in [0.1, 0.15) is 24.8 Å². The van der Waals surface area contributed by atoms with E-state index in [0.29, 0.717) is 4.99 Å². The number of nitrogens with two attached hydrogens (primary N) is 1. The van der Waals surface area contributed by atoms with Crippen molar-refractivity contribution in [2.24, 2.45) is 5.73 Å². The summed E-state index contributed by atoms with van der Waals surface area (Å²) in [5, 5.41) is 2.23. The molecule has 1 fully saturated rings. The van der Waals surface area contributed by atoms with Crippen LogP contribution in [0.5, 0.6) is 0 Å². The molecule has 0 aromatic heterocycles.